The number of carbonyl (C=O) groups is 1. The first-order valence-corrected chi connectivity index (χ1v) is 4.59. The highest BCUT2D eigenvalue weighted by molar-refractivity contribution is 5.87. The van der Waals surface area contributed by atoms with Gasteiger partial charge in [-0.2, -0.15) is 0 Å². The van der Waals surface area contributed by atoms with Gasteiger partial charge in [0.15, 0.2) is 5.69 Å². The van der Waals surface area contributed by atoms with E-state index in [-0.39, 0.29) is 16.9 Å². The minimum atomic E-state index is -0.567. The Morgan fingerprint density at radius 3 is 2.53 bits per heavy atom. The minimum absolute atomic E-state index is 0.113. The molecule has 1 aromatic rings. The second-order valence-electron chi connectivity index (χ2n) is 4.20. The average molecular weight is 210 g/mol. The Morgan fingerprint density at radius 1 is 1.47 bits per heavy atom. The van der Waals surface area contributed by atoms with Crippen LogP contribution < -0.4 is 5.56 Å². The molecule has 15 heavy (non-hydrogen) atoms. The molecular formula is C10H14N2O3. The van der Waals surface area contributed by atoms with Gasteiger partial charge < -0.3 is 9.72 Å². The zero-order valence-corrected chi connectivity index (χ0v) is 9.25. The van der Waals surface area contributed by atoms with Crippen LogP contribution in [0.2, 0.25) is 0 Å². The molecule has 0 aliphatic rings. The Morgan fingerprint density at radius 2 is 2.07 bits per heavy atom. The summed E-state index contributed by atoms with van der Waals surface area (Å²) >= 11 is 0. The van der Waals surface area contributed by atoms with Gasteiger partial charge >= 0.3 is 5.97 Å². The second-order valence-corrected chi connectivity index (χ2v) is 4.20. The summed E-state index contributed by atoms with van der Waals surface area (Å²) in [5.41, 5.74) is -0.509. The number of ether oxygens (including phenoxy) is 1. The van der Waals surface area contributed by atoms with Crippen LogP contribution in [0.25, 0.3) is 0 Å². The monoisotopic (exact) mass is 210 g/mol. The van der Waals surface area contributed by atoms with Crippen molar-refractivity contribution in [1.29, 1.82) is 0 Å². The molecule has 0 amide bonds. The van der Waals surface area contributed by atoms with Crippen LogP contribution in [-0.4, -0.2) is 21.5 Å². The first-order chi connectivity index (χ1) is 6.79. The van der Waals surface area contributed by atoms with Crippen molar-refractivity contribution in [2.24, 2.45) is 0 Å². The lowest BCUT2D eigenvalue weighted by atomic mass is 10.2. The number of nitrogens with zero attached hydrogens (tertiary/aromatic N) is 1. The summed E-state index contributed by atoms with van der Waals surface area (Å²) < 4.78 is 5.10. The summed E-state index contributed by atoms with van der Waals surface area (Å²) in [6.07, 6.45) is 1.25. The summed E-state index contributed by atoms with van der Waals surface area (Å²) in [5, 5.41) is 0. The Balaban J connectivity index is 2.93. The largest absolute Gasteiger partial charge is 0.455 e. The summed E-state index contributed by atoms with van der Waals surface area (Å²) in [4.78, 5) is 28.8. The van der Waals surface area contributed by atoms with Gasteiger partial charge in [0.25, 0.3) is 5.56 Å². The number of rotatable bonds is 1. The highest BCUT2D eigenvalue weighted by Gasteiger charge is 2.19. The van der Waals surface area contributed by atoms with Gasteiger partial charge in [0.2, 0.25) is 0 Å². The maximum atomic E-state index is 11.5. The van der Waals surface area contributed by atoms with Gasteiger partial charge in [-0.25, -0.2) is 9.78 Å². The molecule has 0 atom stereocenters. The molecule has 5 heteroatoms. The number of nitrogens with one attached hydrogen (secondary N) is 1. The van der Waals surface area contributed by atoms with Gasteiger partial charge in [0, 0.05) is 6.20 Å². The lowest BCUT2D eigenvalue weighted by Gasteiger charge is -2.18. The predicted octanol–water partition coefficient (Wildman–Crippen LogP) is 1.03. The van der Waals surface area contributed by atoms with Crippen molar-refractivity contribution in [1.82, 2.24) is 9.97 Å². The van der Waals surface area contributed by atoms with E-state index in [1.807, 2.05) is 0 Å². The SMILES string of the molecule is Cc1nc(C(=O)OC(C)(C)C)c[nH]c1=O. The molecule has 0 fully saturated rings. The van der Waals surface area contributed by atoms with Gasteiger partial charge in [-0.15, -0.1) is 0 Å². The zero-order chi connectivity index (χ0) is 11.6. The van der Waals surface area contributed by atoms with E-state index in [0.717, 1.165) is 0 Å². The molecular weight excluding hydrogens is 196 g/mol. The molecule has 0 unspecified atom stereocenters. The van der Waals surface area contributed by atoms with Crippen molar-refractivity contribution >= 4 is 5.97 Å². The Kier molecular flexibility index (Phi) is 2.93. The van der Waals surface area contributed by atoms with E-state index in [2.05, 4.69) is 9.97 Å². The van der Waals surface area contributed by atoms with Gasteiger partial charge in [-0.1, -0.05) is 0 Å². The van der Waals surface area contributed by atoms with Crippen molar-refractivity contribution in [3.05, 3.63) is 27.9 Å². The molecule has 0 aliphatic heterocycles. The summed E-state index contributed by atoms with van der Waals surface area (Å²) in [7, 11) is 0. The van der Waals surface area contributed by atoms with E-state index < -0.39 is 11.6 Å². The van der Waals surface area contributed by atoms with Crippen LogP contribution in [0, 0.1) is 6.92 Å². The molecule has 0 bridgehead atoms. The summed E-state index contributed by atoms with van der Waals surface area (Å²) in [6, 6.07) is 0. The molecule has 5 nitrogen and oxygen atoms in total. The zero-order valence-electron chi connectivity index (χ0n) is 9.25. The third-order valence-electron chi connectivity index (χ3n) is 1.56. The Hall–Kier alpha value is -1.65. The van der Waals surface area contributed by atoms with Crippen LogP contribution in [0.5, 0.6) is 0 Å². The maximum absolute atomic E-state index is 11.5. The molecule has 1 rings (SSSR count). The van der Waals surface area contributed by atoms with E-state index >= 15 is 0 Å². The number of esters is 1. The fourth-order valence-electron chi connectivity index (χ4n) is 0.937. The number of carbonyl (C=O) groups excluding carboxylic acids is 1. The number of hydrogen-bond donors (Lipinski definition) is 1. The van der Waals surface area contributed by atoms with Gasteiger partial charge in [0.1, 0.15) is 11.3 Å². The number of aromatic amines is 1. The third kappa shape index (κ3) is 3.19. The number of aromatic nitrogens is 2. The van der Waals surface area contributed by atoms with Crippen molar-refractivity contribution in [3.63, 3.8) is 0 Å². The molecule has 1 heterocycles. The quantitative estimate of drug-likeness (QED) is 0.703. The maximum Gasteiger partial charge on any atom is 0.358 e. The lowest BCUT2D eigenvalue weighted by molar-refractivity contribution is 0.00620. The van der Waals surface area contributed by atoms with E-state index in [4.69, 9.17) is 4.74 Å². The first-order valence-electron chi connectivity index (χ1n) is 4.59. The molecule has 82 valence electrons. The topological polar surface area (TPSA) is 72.0 Å². The fraction of sp³-hybridized carbons (Fsp3) is 0.500. The van der Waals surface area contributed by atoms with Crippen LogP contribution in [0.1, 0.15) is 37.0 Å². The lowest BCUT2D eigenvalue weighted by Crippen LogP contribution is -2.25. The fourth-order valence-corrected chi connectivity index (χ4v) is 0.937. The highest BCUT2D eigenvalue weighted by atomic mass is 16.6. The second kappa shape index (κ2) is 3.84. The van der Waals surface area contributed by atoms with Gasteiger partial charge in [0.05, 0.1) is 0 Å². The molecule has 0 radical (unpaired) electrons. The Labute approximate surface area is 87.5 Å². The molecule has 0 aliphatic carbocycles. The molecule has 1 aromatic heterocycles. The van der Waals surface area contributed by atoms with E-state index in [0.29, 0.717) is 0 Å². The number of hydrogen-bond acceptors (Lipinski definition) is 4. The average Bonchev–Trinajstić information content (AvgIpc) is 2.06. The highest BCUT2D eigenvalue weighted by Crippen LogP contribution is 2.09. The third-order valence-corrected chi connectivity index (χ3v) is 1.56. The van der Waals surface area contributed by atoms with Crippen molar-refractivity contribution < 1.29 is 9.53 Å². The van der Waals surface area contributed by atoms with Crippen molar-refractivity contribution in [3.8, 4) is 0 Å². The first kappa shape index (κ1) is 11.4. The molecule has 0 spiro atoms. The van der Waals surface area contributed by atoms with E-state index in [1.54, 1.807) is 20.8 Å². The number of aryl methyl sites for hydroxylation is 1. The van der Waals surface area contributed by atoms with Crippen molar-refractivity contribution in [2.45, 2.75) is 33.3 Å². The van der Waals surface area contributed by atoms with Gasteiger partial charge in [-0.3, -0.25) is 4.79 Å². The van der Waals surface area contributed by atoms with Gasteiger partial charge in [-0.05, 0) is 27.7 Å². The Bertz CT molecular complexity index is 429. The molecule has 0 saturated carbocycles. The van der Waals surface area contributed by atoms with Crippen LogP contribution in [0.3, 0.4) is 0 Å². The molecule has 0 aromatic carbocycles. The van der Waals surface area contributed by atoms with E-state index in [9.17, 15) is 9.59 Å². The molecule has 0 saturated heterocycles. The van der Waals surface area contributed by atoms with Crippen LogP contribution in [0.4, 0.5) is 0 Å². The standard InChI is InChI=1S/C10H14N2O3/c1-6-8(13)11-5-7(12-6)9(14)15-10(2,3)4/h5H,1-4H3,(H,11,13). The predicted molar refractivity (Wildman–Crippen MR) is 54.8 cm³/mol. The van der Waals surface area contributed by atoms with Crippen LogP contribution >= 0.6 is 0 Å². The number of H-pyrrole nitrogens is 1. The summed E-state index contributed by atoms with van der Waals surface area (Å²) in [6.45, 7) is 6.84. The normalized spacial score (nSPS) is 11.2. The smallest absolute Gasteiger partial charge is 0.358 e. The van der Waals surface area contributed by atoms with Crippen molar-refractivity contribution in [2.75, 3.05) is 0 Å². The molecule has 1 N–H and O–H groups in total. The summed E-state index contributed by atoms with van der Waals surface area (Å²) in [5.74, 6) is -0.540. The van der Waals surface area contributed by atoms with Crippen LogP contribution in [-0.2, 0) is 4.74 Å². The van der Waals surface area contributed by atoms with E-state index in [1.165, 1.54) is 13.1 Å². The van der Waals surface area contributed by atoms with Crippen LogP contribution in [0.15, 0.2) is 11.0 Å². The minimum Gasteiger partial charge on any atom is -0.455 e.